The van der Waals surface area contributed by atoms with Crippen LogP contribution in [0.4, 0.5) is 11.4 Å². The van der Waals surface area contributed by atoms with E-state index in [9.17, 15) is 4.79 Å². The first-order valence-electron chi connectivity index (χ1n) is 6.53. The van der Waals surface area contributed by atoms with Gasteiger partial charge in [-0.2, -0.15) is 0 Å². The summed E-state index contributed by atoms with van der Waals surface area (Å²) >= 11 is 0. The number of carbonyl (C=O) groups excluding carboxylic acids is 1. The molecule has 0 aliphatic carbocycles. The average molecular weight is 255 g/mol. The minimum Gasteiger partial charge on any atom is -0.385 e. The van der Waals surface area contributed by atoms with Crippen molar-refractivity contribution in [2.75, 3.05) is 17.2 Å². The van der Waals surface area contributed by atoms with Crippen LogP contribution < -0.4 is 10.6 Å². The SMILES string of the molecule is Cn1cccc1C(=O)Nc1ccc2c(c1)NCCC2. The van der Waals surface area contributed by atoms with Crippen LogP contribution in [0.15, 0.2) is 36.5 Å². The Morgan fingerprint density at radius 1 is 1.37 bits per heavy atom. The normalized spacial score (nSPS) is 13.5. The highest BCUT2D eigenvalue weighted by molar-refractivity contribution is 6.03. The van der Waals surface area contributed by atoms with Crippen molar-refractivity contribution in [2.24, 2.45) is 7.05 Å². The highest BCUT2D eigenvalue weighted by Gasteiger charge is 2.12. The van der Waals surface area contributed by atoms with Gasteiger partial charge in [0.15, 0.2) is 0 Å². The van der Waals surface area contributed by atoms with E-state index in [4.69, 9.17) is 0 Å². The lowest BCUT2D eigenvalue weighted by Gasteiger charge is -2.18. The maximum Gasteiger partial charge on any atom is 0.272 e. The zero-order valence-electron chi connectivity index (χ0n) is 10.9. The number of anilines is 2. The number of hydrogen-bond donors (Lipinski definition) is 2. The van der Waals surface area contributed by atoms with E-state index in [-0.39, 0.29) is 5.91 Å². The minimum atomic E-state index is -0.0803. The van der Waals surface area contributed by atoms with Crippen molar-refractivity contribution in [1.29, 1.82) is 0 Å². The number of fused-ring (bicyclic) bond motifs is 1. The second-order valence-corrected chi connectivity index (χ2v) is 4.86. The van der Waals surface area contributed by atoms with Gasteiger partial charge in [-0.25, -0.2) is 0 Å². The molecule has 0 radical (unpaired) electrons. The third-order valence-electron chi connectivity index (χ3n) is 3.48. The van der Waals surface area contributed by atoms with Gasteiger partial charge in [0.05, 0.1) is 0 Å². The van der Waals surface area contributed by atoms with E-state index in [0.29, 0.717) is 5.69 Å². The summed E-state index contributed by atoms with van der Waals surface area (Å²) in [5.74, 6) is -0.0803. The number of hydrogen-bond acceptors (Lipinski definition) is 2. The van der Waals surface area contributed by atoms with Crippen LogP contribution in [0.3, 0.4) is 0 Å². The molecule has 1 aromatic carbocycles. The molecule has 1 aliphatic rings. The van der Waals surface area contributed by atoms with Crippen molar-refractivity contribution in [3.05, 3.63) is 47.8 Å². The number of benzene rings is 1. The van der Waals surface area contributed by atoms with Gasteiger partial charge in [0.1, 0.15) is 5.69 Å². The summed E-state index contributed by atoms with van der Waals surface area (Å²) in [4.78, 5) is 12.1. The van der Waals surface area contributed by atoms with E-state index >= 15 is 0 Å². The number of aryl methyl sites for hydroxylation is 2. The van der Waals surface area contributed by atoms with E-state index in [1.54, 1.807) is 0 Å². The summed E-state index contributed by atoms with van der Waals surface area (Å²) in [6.07, 6.45) is 4.14. The zero-order valence-corrected chi connectivity index (χ0v) is 10.9. The summed E-state index contributed by atoms with van der Waals surface area (Å²) < 4.78 is 1.81. The van der Waals surface area contributed by atoms with Crippen LogP contribution >= 0.6 is 0 Å². The molecule has 0 spiro atoms. The third kappa shape index (κ3) is 2.34. The third-order valence-corrected chi connectivity index (χ3v) is 3.48. The maximum absolute atomic E-state index is 12.1. The highest BCUT2D eigenvalue weighted by atomic mass is 16.1. The standard InChI is InChI=1S/C15H17N3O/c1-18-9-3-5-14(18)15(19)17-12-7-6-11-4-2-8-16-13(11)10-12/h3,5-7,9-10,16H,2,4,8H2,1H3,(H,17,19). The fraction of sp³-hybridized carbons (Fsp3) is 0.267. The van der Waals surface area contributed by atoms with Gasteiger partial charge in [-0.1, -0.05) is 6.07 Å². The number of carbonyl (C=O) groups is 1. The molecule has 0 saturated carbocycles. The predicted octanol–water partition coefficient (Wildman–Crippen LogP) is 2.64. The van der Waals surface area contributed by atoms with Crippen LogP contribution in [-0.2, 0) is 13.5 Å². The number of amides is 1. The summed E-state index contributed by atoms with van der Waals surface area (Å²) in [6.45, 7) is 1.00. The van der Waals surface area contributed by atoms with Crippen LogP contribution in [0.2, 0.25) is 0 Å². The smallest absolute Gasteiger partial charge is 0.272 e. The minimum absolute atomic E-state index is 0.0803. The quantitative estimate of drug-likeness (QED) is 0.866. The molecule has 0 unspecified atom stereocenters. The molecule has 1 amide bonds. The van der Waals surface area contributed by atoms with Gasteiger partial charge in [0, 0.05) is 31.2 Å². The molecule has 2 aromatic rings. The van der Waals surface area contributed by atoms with Crippen molar-refractivity contribution in [1.82, 2.24) is 4.57 Å². The number of nitrogens with zero attached hydrogens (tertiary/aromatic N) is 1. The molecule has 98 valence electrons. The van der Waals surface area contributed by atoms with Gasteiger partial charge in [-0.3, -0.25) is 4.79 Å². The fourth-order valence-electron chi connectivity index (χ4n) is 2.43. The highest BCUT2D eigenvalue weighted by Crippen LogP contribution is 2.25. The number of nitrogens with one attached hydrogen (secondary N) is 2. The molecule has 0 atom stereocenters. The van der Waals surface area contributed by atoms with E-state index < -0.39 is 0 Å². The average Bonchev–Trinajstić information content (AvgIpc) is 2.85. The molecular weight excluding hydrogens is 238 g/mol. The second-order valence-electron chi connectivity index (χ2n) is 4.86. The second kappa shape index (κ2) is 4.80. The predicted molar refractivity (Wildman–Crippen MR) is 76.6 cm³/mol. The molecule has 19 heavy (non-hydrogen) atoms. The Morgan fingerprint density at radius 2 is 2.26 bits per heavy atom. The van der Waals surface area contributed by atoms with E-state index in [1.807, 2.05) is 42.1 Å². The topological polar surface area (TPSA) is 46.1 Å². The zero-order chi connectivity index (χ0) is 13.2. The summed E-state index contributed by atoms with van der Waals surface area (Å²) in [5, 5.41) is 6.30. The van der Waals surface area contributed by atoms with Crippen LogP contribution in [-0.4, -0.2) is 17.0 Å². The first-order chi connectivity index (χ1) is 9.24. The Kier molecular flexibility index (Phi) is 2.99. The monoisotopic (exact) mass is 255 g/mol. The van der Waals surface area contributed by atoms with Crippen LogP contribution in [0.1, 0.15) is 22.5 Å². The van der Waals surface area contributed by atoms with Crippen molar-refractivity contribution in [3.8, 4) is 0 Å². The van der Waals surface area contributed by atoms with E-state index in [2.05, 4.69) is 16.7 Å². The van der Waals surface area contributed by atoms with E-state index in [0.717, 1.165) is 24.3 Å². The molecule has 4 nitrogen and oxygen atoms in total. The van der Waals surface area contributed by atoms with Gasteiger partial charge in [0.25, 0.3) is 5.91 Å². The molecule has 2 heterocycles. The van der Waals surface area contributed by atoms with E-state index in [1.165, 1.54) is 12.0 Å². The Morgan fingerprint density at radius 3 is 3.05 bits per heavy atom. The fourth-order valence-corrected chi connectivity index (χ4v) is 2.43. The summed E-state index contributed by atoms with van der Waals surface area (Å²) in [5.41, 5.74) is 3.95. The molecular formula is C15H17N3O. The lowest BCUT2D eigenvalue weighted by Crippen LogP contribution is -2.16. The molecule has 0 bridgehead atoms. The number of rotatable bonds is 2. The van der Waals surface area contributed by atoms with Crippen molar-refractivity contribution in [2.45, 2.75) is 12.8 Å². The van der Waals surface area contributed by atoms with Gasteiger partial charge in [-0.15, -0.1) is 0 Å². The molecule has 0 fully saturated rings. The molecule has 1 aliphatic heterocycles. The first kappa shape index (κ1) is 11.8. The Bertz CT molecular complexity index is 616. The van der Waals surface area contributed by atoms with Crippen LogP contribution in [0.5, 0.6) is 0 Å². The Labute approximate surface area is 112 Å². The van der Waals surface area contributed by atoms with Gasteiger partial charge >= 0.3 is 0 Å². The van der Waals surface area contributed by atoms with Crippen molar-refractivity contribution < 1.29 is 4.79 Å². The van der Waals surface area contributed by atoms with Gasteiger partial charge in [-0.05, 0) is 42.7 Å². The van der Waals surface area contributed by atoms with Crippen LogP contribution in [0.25, 0.3) is 0 Å². The Balaban J connectivity index is 1.80. The van der Waals surface area contributed by atoms with Gasteiger partial charge in [0.2, 0.25) is 0 Å². The summed E-state index contributed by atoms with van der Waals surface area (Å²) in [6, 6.07) is 9.74. The van der Waals surface area contributed by atoms with Crippen LogP contribution in [0, 0.1) is 0 Å². The molecule has 3 rings (SSSR count). The first-order valence-corrected chi connectivity index (χ1v) is 6.53. The lowest BCUT2D eigenvalue weighted by atomic mass is 10.0. The molecule has 4 heteroatoms. The largest absolute Gasteiger partial charge is 0.385 e. The Hall–Kier alpha value is -2.23. The molecule has 0 saturated heterocycles. The van der Waals surface area contributed by atoms with Crippen molar-refractivity contribution in [3.63, 3.8) is 0 Å². The molecule has 2 N–H and O–H groups in total. The van der Waals surface area contributed by atoms with Crippen molar-refractivity contribution >= 4 is 17.3 Å². The lowest BCUT2D eigenvalue weighted by molar-refractivity contribution is 0.101. The number of aromatic nitrogens is 1. The summed E-state index contributed by atoms with van der Waals surface area (Å²) in [7, 11) is 1.86. The maximum atomic E-state index is 12.1. The molecule has 1 aromatic heterocycles. The van der Waals surface area contributed by atoms with Gasteiger partial charge < -0.3 is 15.2 Å².